The van der Waals surface area contributed by atoms with E-state index in [1.54, 1.807) is 0 Å². The van der Waals surface area contributed by atoms with Crippen LogP contribution in [0.2, 0.25) is 0 Å². The molecule has 0 aliphatic heterocycles. The maximum Gasteiger partial charge on any atom is 0.352 e. The molecule has 3 aromatic rings. The molecule has 3 rings (SSSR count). The number of anilines is 2. The van der Waals surface area contributed by atoms with E-state index in [1.165, 1.54) is 12.1 Å². The molecule has 7 heteroatoms. The summed E-state index contributed by atoms with van der Waals surface area (Å²) in [6.07, 6.45) is 0. The van der Waals surface area contributed by atoms with Gasteiger partial charge < -0.3 is 10.2 Å². The van der Waals surface area contributed by atoms with E-state index in [2.05, 4.69) is 9.68 Å². The zero-order chi connectivity index (χ0) is 23.6. The number of hydrogen-bond donors (Lipinski definition) is 2. The number of benzene rings is 3. The van der Waals surface area contributed by atoms with Crippen LogP contribution < -0.4 is 15.4 Å². The Hall–Kier alpha value is -2.77. The standard InChI is InChI=1S/C25H31FN4OS/c1-15(2)20-13-17(26)14-21(16(3)4)24(20)28-25(31)29-32(27)23-12-8-9-18-19(23)10-7-11-22(18)30(5)6/h7-16H,1-6H3,(H3,27,28,29,31). The van der Waals surface area contributed by atoms with E-state index >= 15 is 0 Å². The molecule has 3 aromatic carbocycles. The van der Waals surface area contributed by atoms with E-state index in [1.807, 2.05) is 83.1 Å². The molecule has 0 radical (unpaired) electrons. The molecule has 0 bridgehead atoms. The van der Waals surface area contributed by atoms with Crippen molar-refractivity contribution >= 4 is 39.1 Å². The highest BCUT2D eigenvalue weighted by Gasteiger charge is 2.18. The fourth-order valence-corrected chi connectivity index (χ4v) is 4.75. The normalized spacial score (nSPS) is 12.6. The maximum atomic E-state index is 14.2. The molecule has 32 heavy (non-hydrogen) atoms. The zero-order valence-electron chi connectivity index (χ0n) is 19.4. The van der Waals surface area contributed by atoms with Crippen LogP contribution in [0.5, 0.6) is 0 Å². The third-order valence-corrected chi connectivity index (χ3v) is 6.56. The van der Waals surface area contributed by atoms with E-state index < -0.39 is 16.9 Å². The topological polar surface area (TPSA) is 70.7 Å². The molecule has 2 amide bonds. The van der Waals surface area contributed by atoms with Crippen LogP contribution in [0.3, 0.4) is 0 Å². The number of hydrogen-bond acceptors (Lipinski definition) is 2. The van der Waals surface area contributed by atoms with Gasteiger partial charge in [-0.25, -0.2) is 9.18 Å². The van der Waals surface area contributed by atoms with Crippen LogP contribution in [0, 0.1) is 5.82 Å². The first kappa shape index (κ1) is 23.9. The van der Waals surface area contributed by atoms with Gasteiger partial charge in [0.2, 0.25) is 0 Å². The van der Waals surface area contributed by atoms with Crippen LogP contribution in [-0.4, -0.2) is 20.1 Å². The van der Waals surface area contributed by atoms with Crippen LogP contribution in [0.4, 0.5) is 20.6 Å². The van der Waals surface area contributed by atoms with E-state index in [0.717, 1.165) is 32.5 Å². The molecule has 1 atom stereocenters. The first-order chi connectivity index (χ1) is 15.1. The summed E-state index contributed by atoms with van der Waals surface area (Å²) in [7, 11) is 2.83. The highest BCUT2D eigenvalue weighted by Crippen LogP contribution is 2.34. The summed E-state index contributed by atoms with van der Waals surface area (Å²) in [6.45, 7) is 7.88. The summed E-state index contributed by atoms with van der Waals surface area (Å²) in [5, 5.41) is 11.3. The first-order valence-corrected chi connectivity index (χ1v) is 11.9. The van der Waals surface area contributed by atoms with Crippen LogP contribution in [0.1, 0.15) is 50.7 Å². The minimum atomic E-state index is -1.15. The van der Waals surface area contributed by atoms with Crippen molar-refractivity contribution in [3.63, 3.8) is 0 Å². The Balaban J connectivity index is 2.01. The number of fused-ring (bicyclic) bond motifs is 1. The lowest BCUT2D eigenvalue weighted by atomic mass is 9.92. The SMILES string of the molecule is CC(C)c1cc(F)cc(C(C)C)c1NC(=O)N=S(N)c1cccc2c(N(C)C)cccc12. The van der Waals surface area contributed by atoms with Crippen molar-refractivity contribution in [1.82, 2.24) is 0 Å². The van der Waals surface area contributed by atoms with Crippen molar-refractivity contribution in [2.45, 2.75) is 44.4 Å². The smallest absolute Gasteiger partial charge is 0.352 e. The predicted octanol–water partition coefficient (Wildman–Crippen LogP) is 6.56. The molecule has 0 saturated heterocycles. The molecule has 5 nitrogen and oxygen atoms in total. The molecule has 3 N–H and O–H groups in total. The van der Waals surface area contributed by atoms with E-state index in [0.29, 0.717) is 5.69 Å². The van der Waals surface area contributed by atoms with Crippen molar-refractivity contribution in [3.8, 4) is 0 Å². The van der Waals surface area contributed by atoms with Gasteiger partial charge in [0, 0.05) is 46.6 Å². The largest absolute Gasteiger partial charge is 0.377 e. The summed E-state index contributed by atoms with van der Waals surface area (Å²) >= 11 is 0. The third kappa shape index (κ3) is 5.00. The Morgan fingerprint density at radius 1 is 1.00 bits per heavy atom. The van der Waals surface area contributed by atoms with Crippen molar-refractivity contribution in [1.29, 1.82) is 0 Å². The van der Waals surface area contributed by atoms with Gasteiger partial charge in [-0.3, -0.25) is 5.14 Å². The van der Waals surface area contributed by atoms with Gasteiger partial charge in [0.15, 0.2) is 0 Å². The fraction of sp³-hybridized carbons (Fsp3) is 0.320. The molecule has 0 heterocycles. The predicted molar refractivity (Wildman–Crippen MR) is 134 cm³/mol. The summed E-state index contributed by atoms with van der Waals surface area (Å²) < 4.78 is 18.4. The minimum Gasteiger partial charge on any atom is -0.377 e. The lowest BCUT2D eigenvalue weighted by Crippen LogP contribution is -2.16. The quantitative estimate of drug-likeness (QED) is 0.459. The van der Waals surface area contributed by atoms with Gasteiger partial charge in [0.05, 0.1) is 0 Å². The summed E-state index contributed by atoms with van der Waals surface area (Å²) in [5.74, 6) is -0.229. The van der Waals surface area contributed by atoms with Crippen molar-refractivity contribution < 1.29 is 9.18 Å². The molecule has 0 aliphatic rings. The Labute approximate surface area is 192 Å². The Morgan fingerprint density at radius 3 is 2.12 bits per heavy atom. The molecule has 1 unspecified atom stereocenters. The number of nitrogens with two attached hydrogens (primary N) is 1. The molecule has 0 aromatic heterocycles. The van der Waals surface area contributed by atoms with E-state index in [9.17, 15) is 9.18 Å². The van der Waals surface area contributed by atoms with Crippen LogP contribution in [0.15, 0.2) is 57.8 Å². The van der Waals surface area contributed by atoms with E-state index in [4.69, 9.17) is 5.14 Å². The second kappa shape index (κ2) is 9.79. The van der Waals surface area contributed by atoms with Crippen LogP contribution in [0.25, 0.3) is 10.8 Å². The van der Waals surface area contributed by atoms with Gasteiger partial charge in [-0.05, 0) is 52.6 Å². The lowest BCUT2D eigenvalue weighted by molar-refractivity contribution is 0.260. The van der Waals surface area contributed by atoms with Gasteiger partial charge in [-0.1, -0.05) is 52.0 Å². The average molecular weight is 455 g/mol. The average Bonchev–Trinajstić information content (AvgIpc) is 2.73. The summed E-state index contributed by atoms with van der Waals surface area (Å²) in [5.41, 5.74) is 3.18. The molecule has 170 valence electrons. The number of nitrogens with one attached hydrogen (secondary N) is 1. The number of carbonyl (C=O) groups is 1. The number of amides is 2. The molecule has 0 fully saturated rings. The van der Waals surface area contributed by atoms with Crippen molar-refractivity contribution in [3.05, 3.63) is 65.5 Å². The molecule has 0 aliphatic carbocycles. The lowest BCUT2D eigenvalue weighted by Gasteiger charge is -2.20. The molecule has 0 saturated carbocycles. The van der Waals surface area contributed by atoms with Crippen LogP contribution >= 0.6 is 0 Å². The highest BCUT2D eigenvalue weighted by atomic mass is 32.2. The summed E-state index contributed by atoms with van der Waals surface area (Å²) in [6, 6.07) is 14.3. The Kier molecular flexibility index (Phi) is 7.31. The second-order valence-corrected chi connectivity index (χ2v) is 9.88. The highest BCUT2D eigenvalue weighted by molar-refractivity contribution is 7.85. The number of halogens is 1. The number of nitrogens with zero attached hydrogens (tertiary/aromatic N) is 2. The Bertz CT molecular complexity index is 1160. The zero-order valence-corrected chi connectivity index (χ0v) is 20.3. The third-order valence-electron chi connectivity index (χ3n) is 5.39. The first-order valence-electron chi connectivity index (χ1n) is 10.6. The van der Waals surface area contributed by atoms with Crippen LogP contribution in [-0.2, 0) is 10.9 Å². The molecular weight excluding hydrogens is 423 g/mol. The van der Waals surface area contributed by atoms with Gasteiger partial charge >= 0.3 is 6.03 Å². The molecule has 0 spiro atoms. The Morgan fingerprint density at radius 2 is 1.56 bits per heavy atom. The van der Waals surface area contributed by atoms with Crippen molar-refractivity contribution in [2.24, 2.45) is 9.50 Å². The van der Waals surface area contributed by atoms with Gasteiger partial charge in [0.25, 0.3) is 0 Å². The second-order valence-electron chi connectivity index (χ2n) is 8.63. The summed E-state index contributed by atoms with van der Waals surface area (Å²) in [4.78, 5) is 15.7. The molecular formula is C25H31FN4OS. The monoisotopic (exact) mass is 454 g/mol. The fourth-order valence-electron chi connectivity index (χ4n) is 3.81. The maximum absolute atomic E-state index is 14.2. The van der Waals surface area contributed by atoms with Gasteiger partial charge in [-0.2, -0.15) is 4.36 Å². The van der Waals surface area contributed by atoms with Crippen molar-refractivity contribution in [2.75, 3.05) is 24.3 Å². The van der Waals surface area contributed by atoms with Gasteiger partial charge in [-0.15, -0.1) is 0 Å². The number of carbonyl (C=O) groups excluding carboxylic acids is 1. The van der Waals surface area contributed by atoms with Gasteiger partial charge in [0.1, 0.15) is 5.82 Å². The minimum absolute atomic E-state index is 0.0390. The van der Waals surface area contributed by atoms with E-state index in [-0.39, 0.29) is 17.7 Å². The number of urea groups is 1. The number of rotatable bonds is 5.